The second kappa shape index (κ2) is 8.33. The molecule has 0 aliphatic rings. The fraction of sp³-hybridized carbons (Fsp3) is 0.500. The number of hydrogen-bond acceptors (Lipinski definition) is 3. The predicted molar refractivity (Wildman–Crippen MR) is 83.8 cm³/mol. The maximum Gasteiger partial charge on any atom is 0.222 e. The van der Waals surface area contributed by atoms with Crippen LogP contribution in [0.5, 0.6) is 0 Å². The Hall–Kier alpha value is -0.870. The highest BCUT2D eigenvalue weighted by molar-refractivity contribution is 7.99. The molecular formula is C14H21ClN2OS. The van der Waals surface area contributed by atoms with Crippen molar-refractivity contribution >= 4 is 35.0 Å². The van der Waals surface area contributed by atoms with Gasteiger partial charge in [0.1, 0.15) is 0 Å². The minimum Gasteiger partial charge on any atom is -0.398 e. The molecule has 0 atom stereocenters. The molecule has 0 spiro atoms. The highest BCUT2D eigenvalue weighted by Gasteiger charge is 2.10. The zero-order valence-electron chi connectivity index (χ0n) is 11.5. The van der Waals surface area contributed by atoms with Crippen molar-refractivity contribution in [3.63, 3.8) is 0 Å². The van der Waals surface area contributed by atoms with Gasteiger partial charge in [0.2, 0.25) is 5.91 Å². The lowest BCUT2D eigenvalue weighted by molar-refractivity contribution is -0.130. The van der Waals surface area contributed by atoms with Gasteiger partial charge >= 0.3 is 0 Å². The monoisotopic (exact) mass is 300 g/mol. The molecule has 1 aromatic rings. The van der Waals surface area contributed by atoms with Crippen LogP contribution >= 0.6 is 23.4 Å². The van der Waals surface area contributed by atoms with E-state index in [4.69, 9.17) is 17.3 Å². The van der Waals surface area contributed by atoms with E-state index in [1.54, 1.807) is 11.8 Å². The standard InChI is InChI=1S/C14H21ClN2OS/c1-3-17(4-2)13(18)9-6-10-19-14-11(15)7-5-8-12(14)16/h5,7-8H,3-4,6,9-10,16H2,1-2H3. The number of nitrogens with two attached hydrogens (primary N) is 1. The molecule has 1 aromatic carbocycles. The van der Waals surface area contributed by atoms with Crippen molar-refractivity contribution in [1.29, 1.82) is 0 Å². The van der Waals surface area contributed by atoms with Gasteiger partial charge in [0, 0.05) is 30.1 Å². The van der Waals surface area contributed by atoms with Crippen molar-refractivity contribution in [3.8, 4) is 0 Å². The molecule has 0 aromatic heterocycles. The van der Waals surface area contributed by atoms with Crippen LogP contribution in [0, 0.1) is 0 Å². The molecule has 0 aliphatic carbocycles. The summed E-state index contributed by atoms with van der Waals surface area (Å²) < 4.78 is 0. The Bertz CT molecular complexity index is 402. The Labute approximate surface area is 124 Å². The van der Waals surface area contributed by atoms with Crippen molar-refractivity contribution in [3.05, 3.63) is 23.2 Å². The van der Waals surface area contributed by atoms with Crippen molar-refractivity contribution in [2.24, 2.45) is 0 Å². The zero-order chi connectivity index (χ0) is 14.3. The normalized spacial score (nSPS) is 10.5. The Kier molecular flexibility index (Phi) is 7.10. The number of nitrogen functional groups attached to an aromatic ring is 1. The third kappa shape index (κ3) is 4.96. The molecule has 0 radical (unpaired) electrons. The van der Waals surface area contributed by atoms with Crippen LogP contribution in [0.15, 0.2) is 23.1 Å². The number of halogens is 1. The molecule has 3 nitrogen and oxygen atoms in total. The fourth-order valence-corrected chi connectivity index (χ4v) is 3.09. The van der Waals surface area contributed by atoms with Crippen LogP contribution in [0.1, 0.15) is 26.7 Å². The minimum absolute atomic E-state index is 0.220. The number of amides is 1. The number of carbonyl (C=O) groups is 1. The van der Waals surface area contributed by atoms with E-state index in [-0.39, 0.29) is 5.91 Å². The van der Waals surface area contributed by atoms with Gasteiger partial charge in [-0.05, 0) is 38.2 Å². The summed E-state index contributed by atoms with van der Waals surface area (Å²) in [6.45, 7) is 5.56. The van der Waals surface area contributed by atoms with E-state index in [9.17, 15) is 4.79 Å². The summed E-state index contributed by atoms with van der Waals surface area (Å²) in [5.74, 6) is 1.07. The SMILES string of the molecule is CCN(CC)C(=O)CCCSc1c(N)cccc1Cl. The first-order valence-corrected chi connectivity index (χ1v) is 7.91. The third-order valence-corrected chi connectivity index (χ3v) is 4.56. The summed E-state index contributed by atoms with van der Waals surface area (Å²) in [6.07, 6.45) is 1.42. The topological polar surface area (TPSA) is 46.3 Å². The van der Waals surface area contributed by atoms with E-state index in [0.29, 0.717) is 17.1 Å². The van der Waals surface area contributed by atoms with Crippen molar-refractivity contribution in [2.75, 3.05) is 24.6 Å². The molecule has 0 saturated carbocycles. The molecule has 0 saturated heterocycles. The first kappa shape index (κ1) is 16.2. The Morgan fingerprint density at radius 3 is 2.63 bits per heavy atom. The summed E-state index contributed by atoms with van der Waals surface area (Å²) in [4.78, 5) is 14.6. The van der Waals surface area contributed by atoms with Gasteiger partial charge in [-0.15, -0.1) is 11.8 Å². The Morgan fingerprint density at radius 1 is 1.37 bits per heavy atom. The van der Waals surface area contributed by atoms with Gasteiger partial charge in [0.25, 0.3) is 0 Å². The number of carbonyl (C=O) groups excluding carboxylic acids is 1. The largest absolute Gasteiger partial charge is 0.398 e. The van der Waals surface area contributed by atoms with Gasteiger partial charge in [0.15, 0.2) is 0 Å². The fourth-order valence-electron chi connectivity index (χ4n) is 1.81. The molecule has 0 aliphatic heterocycles. The van der Waals surface area contributed by atoms with E-state index in [1.807, 2.05) is 36.9 Å². The maximum absolute atomic E-state index is 11.8. The second-order valence-electron chi connectivity index (χ2n) is 4.18. The summed E-state index contributed by atoms with van der Waals surface area (Å²) in [6, 6.07) is 5.52. The number of hydrogen-bond donors (Lipinski definition) is 1. The van der Waals surface area contributed by atoms with Crippen LogP contribution in [0.4, 0.5) is 5.69 Å². The molecule has 19 heavy (non-hydrogen) atoms. The van der Waals surface area contributed by atoms with Crippen LogP contribution < -0.4 is 5.73 Å². The lowest BCUT2D eigenvalue weighted by Gasteiger charge is -2.18. The lowest BCUT2D eigenvalue weighted by Crippen LogP contribution is -2.30. The highest BCUT2D eigenvalue weighted by atomic mass is 35.5. The van der Waals surface area contributed by atoms with Crippen molar-refractivity contribution < 1.29 is 4.79 Å². The van der Waals surface area contributed by atoms with Gasteiger partial charge in [0.05, 0.1) is 5.02 Å². The van der Waals surface area contributed by atoms with Crippen LogP contribution in [0.2, 0.25) is 5.02 Å². The van der Waals surface area contributed by atoms with E-state index >= 15 is 0 Å². The number of thioether (sulfide) groups is 1. The molecule has 5 heteroatoms. The molecule has 2 N–H and O–H groups in total. The Morgan fingerprint density at radius 2 is 2.05 bits per heavy atom. The van der Waals surface area contributed by atoms with E-state index in [0.717, 1.165) is 30.2 Å². The van der Waals surface area contributed by atoms with Crippen molar-refractivity contribution in [1.82, 2.24) is 4.90 Å². The van der Waals surface area contributed by atoms with Gasteiger partial charge in [-0.25, -0.2) is 0 Å². The quantitative estimate of drug-likeness (QED) is 0.475. The van der Waals surface area contributed by atoms with Crippen LogP contribution in [-0.4, -0.2) is 29.6 Å². The second-order valence-corrected chi connectivity index (χ2v) is 5.69. The molecule has 1 rings (SSSR count). The number of anilines is 1. The molecule has 1 amide bonds. The molecule has 0 bridgehead atoms. The predicted octanol–water partition coefficient (Wildman–Crippen LogP) is 3.66. The van der Waals surface area contributed by atoms with Gasteiger partial charge in [-0.2, -0.15) is 0 Å². The summed E-state index contributed by atoms with van der Waals surface area (Å²) in [5.41, 5.74) is 6.58. The first-order chi connectivity index (χ1) is 9.10. The molecule has 0 unspecified atom stereocenters. The number of rotatable bonds is 7. The van der Waals surface area contributed by atoms with Crippen molar-refractivity contribution in [2.45, 2.75) is 31.6 Å². The molecule has 0 fully saturated rings. The first-order valence-electron chi connectivity index (χ1n) is 6.54. The van der Waals surface area contributed by atoms with Gasteiger partial charge in [-0.3, -0.25) is 4.79 Å². The van der Waals surface area contributed by atoms with Crippen LogP contribution in [0.3, 0.4) is 0 Å². The summed E-state index contributed by atoms with van der Waals surface area (Å²) in [7, 11) is 0. The van der Waals surface area contributed by atoms with Crippen LogP contribution in [0.25, 0.3) is 0 Å². The molecule has 106 valence electrons. The molecule has 0 heterocycles. The zero-order valence-corrected chi connectivity index (χ0v) is 13.1. The van der Waals surface area contributed by atoms with E-state index < -0.39 is 0 Å². The lowest BCUT2D eigenvalue weighted by atomic mass is 10.3. The van der Waals surface area contributed by atoms with Gasteiger partial charge < -0.3 is 10.6 Å². The van der Waals surface area contributed by atoms with E-state index in [1.165, 1.54) is 0 Å². The minimum atomic E-state index is 0.220. The number of nitrogens with zero attached hydrogens (tertiary/aromatic N) is 1. The summed E-state index contributed by atoms with van der Waals surface area (Å²) in [5, 5.41) is 0.681. The maximum atomic E-state index is 11.8. The average Bonchev–Trinajstić information content (AvgIpc) is 2.38. The van der Waals surface area contributed by atoms with E-state index in [2.05, 4.69) is 0 Å². The van der Waals surface area contributed by atoms with Crippen LogP contribution in [-0.2, 0) is 4.79 Å². The number of benzene rings is 1. The summed E-state index contributed by atoms with van der Waals surface area (Å²) >= 11 is 7.71. The third-order valence-electron chi connectivity index (χ3n) is 2.89. The highest BCUT2D eigenvalue weighted by Crippen LogP contribution is 2.32. The average molecular weight is 301 g/mol. The smallest absolute Gasteiger partial charge is 0.222 e. The molecular weight excluding hydrogens is 280 g/mol. The van der Waals surface area contributed by atoms with Gasteiger partial charge in [-0.1, -0.05) is 17.7 Å². The Balaban J connectivity index is 2.37.